The third-order valence-electron chi connectivity index (χ3n) is 4.08. The summed E-state index contributed by atoms with van der Waals surface area (Å²) in [6.07, 6.45) is 3.14. The molecule has 1 aromatic heterocycles. The fraction of sp³-hybridized carbons (Fsp3) is 0.533. The molecule has 1 N–H and O–H groups in total. The lowest BCUT2D eigenvalue weighted by Crippen LogP contribution is -2.43. The van der Waals surface area contributed by atoms with E-state index in [1.165, 1.54) is 18.9 Å². The van der Waals surface area contributed by atoms with E-state index in [0.29, 0.717) is 18.2 Å². The van der Waals surface area contributed by atoms with Gasteiger partial charge in [0.2, 0.25) is 0 Å². The van der Waals surface area contributed by atoms with Gasteiger partial charge in [0.05, 0.1) is 18.7 Å². The number of nitrogens with zero attached hydrogens (tertiary/aromatic N) is 2. The molecule has 4 rings (SSSR count). The van der Waals surface area contributed by atoms with E-state index in [1.54, 1.807) is 6.07 Å². The Labute approximate surface area is 116 Å². The van der Waals surface area contributed by atoms with Gasteiger partial charge in [-0.15, -0.1) is 0 Å². The quantitative estimate of drug-likeness (QED) is 0.931. The first-order chi connectivity index (χ1) is 9.83. The van der Waals surface area contributed by atoms with Gasteiger partial charge in [-0.2, -0.15) is 0 Å². The number of imidazole rings is 1. The molecule has 2 aliphatic rings. The molecule has 1 unspecified atom stereocenters. The van der Waals surface area contributed by atoms with Crippen molar-refractivity contribution < 1.29 is 9.13 Å². The van der Waals surface area contributed by atoms with Gasteiger partial charge in [-0.05, 0) is 25.0 Å². The molecule has 1 saturated heterocycles. The first-order valence-electron chi connectivity index (χ1n) is 7.29. The molecule has 0 radical (unpaired) electrons. The molecule has 1 aromatic carbocycles. The minimum absolute atomic E-state index is 0.226. The number of hydrogen-bond acceptors (Lipinski definition) is 3. The van der Waals surface area contributed by atoms with Crippen LogP contribution in [0.15, 0.2) is 18.2 Å². The fourth-order valence-corrected chi connectivity index (χ4v) is 2.99. The lowest BCUT2D eigenvalue weighted by atomic mass is 10.2. The van der Waals surface area contributed by atoms with Crippen LogP contribution in [-0.4, -0.2) is 35.4 Å². The van der Waals surface area contributed by atoms with Gasteiger partial charge >= 0.3 is 0 Å². The zero-order chi connectivity index (χ0) is 13.5. The number of aromatic nitrogens is 2. The van der Waals surface area contributed by atoms with Crippen molar-refractivity contribution in [2.75, 3.05) is 19.8 Å². The van der Waals surface area contributed by atoms with Crippen LogP contribution in [0.4, 0.5) is 4.39 Å². The van der Waals surface area contributed by atoms with Gasteiger partial charge in [0.1, 0.15) is 11.3 Å². The van der Waals surface area contributed by atoms with Crippen LogP contribution in [-0.2, 0) is 11.2 Å². The number of nitrogens with one attached hydrogen (secondary N) is 1. The molecule has 0 bridgehead atoms. The van der Waals surface area contributed by atoms with E-state index in [1.807, 2.05) is 6.07 Å². The second-order valence-corrected chi connectivity index (χ2v) is 5.67. The van der Waals surface area contributed by atoms with Crippen LogP contribution < -0.4 is 5.32 Å². The van der Waals surface area contributed by atoms with Gasteiger partial charge in [-0.1, -0.05) is 6.07 Å². The Kier molecular flexibility index (Phi) is 2.97. The number of para-hydroxylation sites is 1. The van der Waals surface area contributed by atoms with Gasteiger partial charge in [0, 0.05) is 25.0 Å². The van der Waals surface area contributed by atoms with E-state index in [4.69, 9.17) is 4.74 Å². The predicted molar refractivity (Wildman–Crippen MR) is 74.3 cm³/mol. The van der Waals surface area contributed by atoms with Crippen molar-refractivity contribution in [3.05, 3.63) is 29.8 Å². The molecule has 0 amide bonds. The molecule has 5 heteroatoms. The van der Waals surface area contributed by atoms with Gasteiger partial charge in [-0.3, -0.25) is 0 Å². The van der Waals surface area contributed by atoms with E-state index in [2.05, 4.69) is 14.9 Å². The van der Waals surface area contributed by atoms with E-state index >= 15 is 0 Å². The highest BCUT2D eigenvalue weighted by molar-refractivity contribution is 5.77. The highest BCUT2D eigenvalue weighted by Gasteiger charge is 2.30. The molecule has 20 heavy (non-hydrogen) atoms. The van der Waals surface area contributed by atoms with Crippen LogP contribution in [0.5, 0.6) is 0 Å². The SMILES string of the molecule is Fc1cccc2c1nc(CC1COCCN1)n2C1CC1. The summed E-state index contributed by atoms with van der Waals surface area (Å²) < 4.78 is 21.7. The average molecular weight is 275 g/mol. The molecule has 1 aliphatic carbocycles. The summed E-state index contributed by atoms with van der Waals surface area (Å²) in [6.45, 7) is 2.35. The van der Waals surface area contributed by atoms with Crippen LogP contribution >= 0.6 is 0 Å². The van der Waals surface area contributed by atoms with E-state index < -0.39 is 0 Å². The topological polar surface area (TPSA) is 39.1 Å². The second-order valence-electron chi connectivity index (χ2n) is 5.67. The van der Waals surface area contributed by atoms with Crippen molar-refractivity contribution in [3.8, 4) is 0 Å². The van der Waals surface area contributed by atoms with Crippen molar-refractivity contribution in [3.63, 3.8) is 0 Å². The monoisotopic (exact) mass is 275 g/mol. The largest absolute Gasteiger partial charge is 0.379 e. The number of ether oxygens (including phenoxy) is 1. The van der Waals surface area contributed by atoms with Crippen LogP contribution in [0.25, 0.3) is 11.0 Å². The third-order valence-corrected chi connectivity index (χ3v) is 4.08. The molecule has 1 aliphatic heterocycles. The minimum atomic E-state index is -0.226. The highest BCUT2D eigenvalue weighted by Crippen LogP contribution is 2.39. The minimum Gasteiger partial charge on any atom is -0.379 e. The smallest absolute Gasteiger partial charge is 0.151 e. The molecule has 1 saturated carbocycles. The Morgan fingerprint density at radius 1 is 1.40 bits per heavy atom. The Hall–Kier alpha value is -1.46. The number of morpholine rings is 1. The zero-order valence-corrected chi connectivity index (χ0v) is 11.3. The first kappa shape index (κ1) is 12.3. The van der Waals surface area contributed by atoms with Crippen LogP contribution in [0.2, 0.25) is 0 Å². The summed E-state index contributed by atoms with van der Waals surface area (Å²) in [5, 5.41) is 3.44. The Morgan fingerprint density at radius 2 is 2.30 bits per heavy atom. The van der Waals surface area contributed by atoms with Crippen molar-refractivity contribution >= 4 is 11.0 Å². The number of benzene rings is 1. The van der Waals surface area contributed by atoms with Crippen molar-refractivity contribution in [1.29, 1.82) is 0 Å². The maximum Gasteiger partial charge on any atom is 0.151 e. The summed E-state index contributed by atoms with van der Waals surface area (Å²) in [6, 6.07) is 6.00. The first-order valence-corrected chi connectivity index (χ1v) is 7.29. The standard InChI is InChI=1S/C15H18FN3O/c16-12-2-1-3-13-15(12)18-14(19(13)11-4-5-11)8-10-9-20-7-6-17-10/h1-3,10-11,17H,4-9H2. The maximum atomic E-state index is 13.9. The lowest BCUT2D eigenvalue weighted by Gasteiger charge is -2.23. The number of rotatable bonds is 3. The highest BCUT2D eigenvalue weighted by atomic mass is 19.1. The van der Waals surface area contributed by atoms with Crippen LogP contribution in [0.3, 0.4) is 0 Å². The molecule has 2 aromatic rings. The molecular formula is C15H18FN3O. The Morgan fingerprint density at radius 3 is 3.05 bits per heavy atom. The summed E-state index contributed by atoms with van der Waals surface area (Å²) in [5.74, 6) is 0.756. The molecular weight excluding hydrogens is 257 g/mol. The molecule has 2 fully saturated rings. The maximum absolute atomic E-state index is 13.9. The molecule has 106 valence electrons. The van der Waals surface area contributed by atoms with Gasteiger partial charge in [0.25, 0.3) is 0 Å². The van der Waals surface area contributed by atoms with Crippen molar-refractivity contribution in [1.82, 2.24) is 14.9 Å². The summed E-state index contributed by atoms with van der Waals surface area (Å²) in [5.41, 5.74) is 1.44. The van der Waals surface area contributed by atoms with Gasteiger partial charge < -0.3 is 14.6 Å². The van der Waals surface area contributed by atoms with Crippen molar-refractivity contribution in [2.45, 2.75) is 31.3 Å². The lowest BCUT2D eigenvalue weighted by molar-refractivity contribution is 0.0761. The summed E-state index contributed by atoms with van der Waals surface area (Å²) in [7, 11) is 0. The summed E-state index contributed by atoms with van der Waals surface area (Å²) >= 11 is 0. The second kappa shape index (κ2) is 4.82. The van der Waals surface area contributed by atoms with E-state index in [-0.39, 0.29) is 11.9 Å². The van der Waals surface area contributed by atoms with E-state index in [0.717, 1.165) is 30.9 Å². The van der Waals surface area contributed by atoms with E-state index in [9.17, 15) is 4.39 Å². The molecule has 0 spiro atoms. The zero-order valence-electron chi connectivity index (χ0n) is 11.3. The van der Waals surface area contributed by atoms with Crippen LogP contribution in [0, 0.1) is 5.82 Å². The molecule has 4 nitrogen and oxygen atoms in total. The average Bonchev–Trinajstić information content (AvgIpc) is 3.23. The number of hydrogen-bond donors (Lipinski definition) is 1. The number of halogens is 1. The predicted octanol–water partition coefficient (Wildman–Crippen LogP) is 2.04. The third kappa shape index (κ3) is 2.11. The van der Waals surface area contributed by atoms with Crippen molar-refractivity contribution in [2.24, 2.45) is 0 Å². The van der Waals surface area contributed by atoms with Gasteiger partial charge in [-0.25, -0.2) is 9.37 Å². The number of fused-ring (bicyclic) bond motifs is 1. The Bertz CT molecular complexity index is 629. The van der Waals surface area contributed by atoms with Gasteiger partial charge in [0.15, 0.2) is 5.82 Å². The molecule has 2 heterocycles. The van der Waals surface area contributed by atoms with Crippen LogP contribution in [0.1, 0.15) is 24.7 Å². The fourth-order valence-electron chi connectivity index (χ4n) is 2.99. The molecule has 1 atom stereocenters. The summed E-state index contributed by atoms with van der Waals surface area (Å²) in [4.78, 5) is 4.56. The Balaban J connectivity index is 1.73. The normalized spacial score (nSPS) is 23.4.